The normalized spacial score (nSPS) is 10.7. The zero-order valence-corrected chi connectivity index (χ0v) is 17.7. The number of carboxylic acids is 1. The van der Waals surface area contributed by atoms with E-state index in [1.807, 2.05) is 0 Å². The third-order valence-electron chi connectivity index (χ3n) is 4.42. The molecule has 0 spiro atoms. The summed E-state index contributed by atoms with van der Waals surface area (Å²) in [4.78, 5) is 49.5. The van der Waals surface area contributed by atoms with Crippen LogP contribution >= 0.6 is 23.2 Å². The average Bonchev–Trinajstić information content (AvgIpc) is 2.74. The molecule has 3 rings (SSSR count). The van der Waals surface area contributed by atoms with Gasteiger partial charge in [-0.3, -0.25) is 13.9 Å². The second kappa shape index (κ2) is 9.20. The van der Waals surface area contributed by atoms with Crippen molar-refractivity contribution >= 4 is 35.1 Å². The van der Waals surface area contributed by atoms with Gasteiger partial charge in [0.1, 0.15) is 5.56 Å². The fourth-order valence-electron chi connectivity index (χ4n) is 2.88. The van der Waals surface area contributed by atoms with Gasteiger partial charge < -0.3 is 9.84 Å². The van der Waals surface area contributed by atoms with Gasteiger partial charge >= 0.3 is 17.6 Å². The van der Waals surface area contributed by atoms with Crippen LogP contribution in [0.15, 0.2) is 58.3 Å². The van der Waals surface area contributed by atoms with E-state index in [0.717, 1.165) is 15.3 Å². The maximum Gasteiger partial charge on any atom is 0.345 e. The number of benzene rings is 2. The van der Waals surface area contributed by atoms with Gasteiger partial charge in [0.05, 0.1) is 34.4 Å². The van der Waals surface area contributed by atoms with E-state index in [1.54, 1.807) is 25.1 Å². The Kier molecular flexibility index (Phi) is 6.62. The number of carboxylic acid groups (broad SMARTS) is 1. The largest absolute Gasteiger partial charge is 0.478 e. The van der Waals surface area contributed by atoms with Crippen molar-refractivity contribution in [2.24, 2.45) is 0 Å². The van der Waals surface area contributed by atoms with Crippen molar-refractivity contribution in [3.63, 3.8) is 0 Å². The number of esters is 1. The van der Waals surface area contributed by atoms with Crippen molar-refractivity contribution in [1.82, 2.24) is 9.13 Å². The highest BCUT2D eigenvalue weighted by atomic mass is 35.5. The Morgan fingerprint density at radius 3 is 2.35 bits per heavy atom. The lowest BCUT2D eigenvalue weighted by Crippen LogP contribution is -2.42. The van der Waals surface area contributed by atoms with Gasteiger partial charge in [0, 0.05) is 6.20 Å². The van der Waals surface area contributed by atoms with Crippen molar-refractivity contribution in [3.05, 3.63) is 96.2 Å². The van der Waals surface area contributed by atoms with Crippen LogP contribution in [0, 0.1) is 0 Å². The highest BCUT2D eigenvalue weighted by molar-refractivity contribution is 6.42. The highest BCUT2D eigenvalue weighted by Gasteiger charge is 2.20. The Hall–Kier alpha value is -3.36. The van der Waals surface area contributed by atoms with Gasteiger partial charge in [-0.1, -0.05) is 35.3 Å². The highest BCUT2D eigenvalue weighted by Crippen LogP contribution is 2.25. The van der Waals surface area contributed by atoms with Crippen molar-refractivity contribution in [1.29, 1.82) is 0 Å². The minimum Gasteiger partial charge on any atom is -0.478 e. The van der Waals surface area contributed by atoms with E-state index in [4.69, 9.17) is 33.0 Å². The molecule has 160 valence electrons. The number of halogens is 2. The number of carbonyl (C=O) groups is 2. The molecule has 0 aliphatic rings. The maximum atomic E-state index is 13.1. The Labute approximate surface area is 185 Å². The molecule has 0 aliphatic carbocycles. The summed E-state index contributed by atoms with van der Waals surface area (Å²) in [5, 5.41) is 9.50. The lowest BCUT2D eigenvalue weighted by Gasteiger charge is -2.14. The molecule has 31 heavy (non-hydrogen) atoms. The van der Waals surface area contributed by atoms with E-state index in [9.17, 15) is 19.2 Å². The first-order chi connectivity index (χ1) is 14.7. The minimum absolute atomic E-state index is 0.0152. The molecule has 0 atom stereocenters. The van der Waals surface area contributed by atoms with E-state index < -0.39 is 23.2 Å². The van der Waals surface area contributed by atoms with Crippen LogP contribution in [0.25, 0.3) is 5.69 Å². The standard InChI is InChI=1S/C21H16Cl2N2O6/c1-2-31-20(29)15-11-24(14-8-6-12(7-9-14)19(27)28)21(30)25(18(15)26)10-13-4-3-5-16(22)17(13)23/h3-9,11H,2,10H2,1H3,(H,27,28). The summed E-state index contributed by atoms with van der Waals surface area (Å²) in [7, 11) is 0. The van der Waals surface area contributed by atoms with Crippen molar-refractivity contribution in [2.75, 3.05) is 6.61 Å². The lowest BCUT2D eigenvalue weighted by atomic mass is 10.2. The van der Waals surface area contributed by atoms with Crippen LogP contribution in [-0.4, -0.2) is 32.8 Å². The van der Waals surface area contributed by atoms with Crippen LogP contribution in [0.4, 0.5) is 0 Å². The summed E-state index contributed by atoms with van der Waals surface area (Å²) in [5.41, 5.74) is -1.29. The summed E-state index contributed by atoms with van der Waals surface area (Å²) in [6.07, 6.45) is 1.08. The molecule has 1 aromatic heterocycles. The molecule has 0 unspecified atom stereocenters. The first-order valence-corrected chi connectivity index (χ1v) is 9.80. The average molecular weight is 463 g/mol. The summed E-state index contributed by atoms with van der Waals surface area (Å²) in [5.74, 6) is -2.03. The number of nitrogens with zero attached hydrogens (tertiary/aromatic N) is 2. The molecule has 0 aliphatic heterocycles. The van der Waals surface area contributed by atoms with Crippen LogP contribution < -0.4 is 11.2 Å². The minimum atomic E-state index is -1.13. The molecule has 10 heteroatoms. The van der Waals surface area contributed by atoms with Crippen LogP contribution in [0.5, 0.6) is 0 Å². The van der Waals surface area contributed by atoms with Crippen molar-refractivity contribution in [3.8, 4) is 5.69 Å². The predicted octanol–water partition coefficient (Wildman–Crippen LogP) is 3.23. The van der Waals surface area contributed by atoms with Gasteiger partial charge in [-0.05, 0) is 42.8 Å². The predicted molar refractivity (Wildman–Crippen MR) is 115 cm³/mol. The molecule has 0 radical (unpaired) electrons. The summed E-state index contributed by atoms with van der Waals surface area (Å²) in [6.45, 7) is 1.38. The molecular formula is C21H16Cl2N2O6. The molecule has 1 N–H and O–H groups in total. The number of aromatic carboxylic acids is 1. The van der Waals surface area contributed by atoms with Gasteiger partial charge in [0.2, 0.25) is 0 Å². The molecule has 0 saturated carbocycles. The SMILES string of the molecule is CCOC(=O)c1cn(-c2ccc(C(=O)O)cc2)c(=O)n(Cc2cccc(Cl)c2Cl)c1=O. The molecule has 8 nitrogen and oxygen atoms in total. The fraction of sp³-hybridized carbons (Fsp3) is 0.143. The Morgan fingerprint density at radius 2 is 1.74 bits per heavy atom. The quantitative estimate of drug-likeness (QED) is 0.563. The third-order valence-corrected chi connectivity index (χ3v) is 5.28. The fourth-order valence-corrected chi connectivity index (χ4v) is 3.26. The molecule has 3 aromatic rings. The second-order valence-electron chi connectivity index (χ2n) is 6.37. The van der Waals surface area contributed by atoms with Crippen LogP contribution in [0.2, 0.25) is 10.0 Å². The zero-order valence-electron chi connectivity index (χ0n) is 16.2. The number of hydrogen-bond acceptors (Lipinski definition) is 5. The van der Waals surface area contributed by atoms with Crippen LogP contribution in [0.1, 0.15) is 33.2 Å². The third kappa shape index (κ3) is 4.55. The summed E-state index contributed by atoms with van der Waals surface area (Å²) in [6, 6.07) is 10.2. The van der Waals surface area contributed by atoms with E-state index in [0.29, 0.717) is 5.56 Å². The van der Waals surface area contributed by atoms with Gasteiger partial charge in [0.15, 0.2) is 0 Å². The Balaban J connectivity index is 2.23. The van der Waals surface area contributed by atoms with Gasteiger partial charge in [0.25, 0.3) is 5.56 Å². The van der Waals surface area contributed by atoms with Crippen molar-refractivity contribution in [2.45, 2.75) is 13.5 Å². The maximum absolute atomic E-state index is 13.1. The number of rotatable bonds is 6. The van der Waals surface area contributed by atoms with Crippen molar-refractivity contribution < 1.29 is 19.4 Å². The number of aromatic nitrogens is 2. The summed E-state index contributed by atoms with van der Waals surface area (Å²) < 4.78 is 6.85. The van der Waals surface area contributed by atoms with Crippen LogP contribution in [-0.2, 0) is 11.3 Å². The number of carbonyl (C=O) groups excluding carboxylic acids is 1. The summed E-state index contributed by atoms with van der Waals surface area (Å²) >= 11 is 12.2. The van der Waals surface area contributed by atoms with Crippen LogP contribution in [0.3, 0.4) is 0 Å². The molecule has 1 heterocycles. The monoisotopic (exact) mass is 462 g/mol. The van der Waals surface area contributed by atoms with Gasteiger partial charge in [-0.15, -0.1) is 0 Å². The molecule has 2 aromatic carbocycles. The molecule has 0 bridgehead atoms. The molecule has 0 saturated heterocycles. The topological polar surface area (TPSA) is 108 Å². The molecule has 0 amide bonds. The molecule has 0 fully saturated rings. The van der Waals surface area contributed by atoms with Gasteiger partial charge in [-0.25, -0.2) is 14.4 Å². The second-order valence-corrected chi connectivity index (χ2v) is 7.16. The Morgan fingerprint density at radius 1 is 1.06 bits per heavy atom. The van der Waals surface area contributed by atoms with E-state index in [2.05, 4.69) is 0 Å². The first-order valence-electron chi connectivity index (χ1n) is 9.04. The van der Waals surface area contributed by atoms with Gasteiger partial charge in [-0.2, -0.15) is 0 Å². The smallest absolute Gasteiger partial charge is 0.345 e. The Bertz CT molecular complexity index is 1280. The first kappa shape index (κ1) is 22.3. The van der Waals surface area contributed by atoms with E-state index in [-0.39, 0.29) is 40.0 Å². The van der Waals surface area contributed by atoms with E-state index >= 15 is 0 Å². The number of hydrogen-bond donors (Lipinski definition) is 1. The zero-order chi connectivity index (χ0) is 22.7. The molecular weight excluding hydrogens is 447 g/mol. The lowest BCUT2D eigenvalue weighted by molar-refractivity contribution is 0.0521. The number of ether oxygens (including phenoxy) is 1. The van der Waals surface area contributed by atoms with E-state index in [1.165, 1.54) is 24.3 Å².